The molecule has 0 saturated carbocycles. The van der Waals surface area contributed by atoms with Crippen LogP contribution in [0.2, 0.25) is 0 Å². The normalized spacial score (nSPS) is 18.3. The van der Waals surface area contributed by atoms with Crippen LogP contribution < -0.4 is 15.2 Å². The summed E-state index contributed by atoms with van der Waals surface area (Å²) in [5.74, 6) is -0.400. The predicted molar refractivity (Wildman–Crippen MR) is 127 cm³/mol. The number of amides is 1. The van der Waals surface area contributed by atoms with Gasteiger partial charge in [-0.05, 0) is 57.9 Å². The van der Waals surface area contributed by atoms with Gasteiger partial charge in [0.05, 0.1) is 11.3 Å². The summed E-state index contributed by atoms with van der Waals surface area (Å²) in [7, 11) is -4.36. The number of sulfonamides is 1. The minimum absolute atomic E-state index is 0.140. The van der Waals surface area contributed by atoms with E-state index in [-0.39, 0.29) is 17.6 Å². The van der Waals surface area contributed by atoms with Crippen molar-refractivity contribution in [3.05, 3.63) is 76.2 Å². The van der Waals surface area contributed by atoms with Gasteiger partial charge in [-0.2, -0.15) is 0 Å². The Balaban J connectivity index is 1.77. The molecule has 1 saturated heterocycles. The molecule has 2 atom stereocenters. The largest absolute Gasteiger partial charge is 0.351 e. The molecule has 0 aliphatic carbocycles. The van der Waals surface area contributed by atoms with Crippen molar-refractivity contribution in [1.29, 1.82) is 0 Å². The van der Waals surface area contributed by atoms with Gasteiger partial charge in [0.25, 0.3) is 21.5 Å². The summed E-state index contributed by atoms with van der Waals surface area (Å²) in [6, 6.07) is 14.0. The highest BCUT2D eigenvalue weighted by atomic mass is 32.2. The Bertz CT molecular complexity index is 1340. The van der Waals surface area contributed by atoms with E-state index in [1.807, 2.05) is 35.9 Å². The maximum atomic E-state index is 13.2. The van der Waals surface area contributed by atoms with E-state index in [9.17, 15) is 18.0 Å². The van der Waals surface area contributed by atoms with E-state index in [1.165, 1.54) is 12.3 Å². The Labute approximate surface area is 192 Å². The second-order valence-corrected chi connectivity index (χ2v) is 10.1. The first kappa shape index (κ1) is 22.7. The number of hydrogen-bond donors (Lipinski definition) is 2. The minimum Gasteiger partial charge on any atom is -0.351 e. The highest BCUT2D eigenvalue weighted by Crippen LogP contribution is 2.33. The fourth-order valence-corrected chi connectivity index (χ4v) is 5.19. The SMILES string of the molecule is Cc1ccc(-c2ccc(C(=O)NS(=O)(=O)c3ccc[nH]c3=O)c(N3[C@H](C)CC[C@@H]3C)n2)cc1. The first-order valence-electron chi connectivity index (χ1n) is 10.8. The van der Waals surface area contributed by atoms with Gasteiger partial charge in [-0.3, -0.25) is 9.59 Å². The molecular formula is C24H26N4O4S. The smallest absolute Gasteiger partial charge is 0.269 e. The summed E-state index contributed by atoms with van der Waals surface area (Å²) in [6.45, 7) is 6.12. The number of H-pyrrole nitrogens is 1. The van der Waals surface area contributed by atoms with Gasteiger partial charge in [-0.1, -0.05) is 29.8 Å². The molecule has 33 heavy (non-hydrogen) atoms. The van der Waals surface area contributed by atoms with Crippen molar-refractivity contribution in [2.45, 2.75) is 50.6 Å². The number of carbonyl (C=O) groups is 1. The van der Waals surface area contributed by atoms with Crippen LogP contribution in [0.1, 0.15) is 42.6 Å². The molecule has 0 spiro atoms. The van der Waals surface area contributed by atoms with Gasteiger partial charge in [-0.25, -0.2) is 18.1 Å². The van der Waals surface area contributed by atoms with Crippen molar-refractivity contribution in [3.8, 4) is 11.3 Å². The van der Waals surface area contributed by atoms with E-state index in [0.717, 1.165) is 30.0 Å². The number of carbonyl (C=O) groups excluding carboxylic acids is 1. The van der Waals surface area contributed by atoms with E-state index in [0.29, 0.717) is 11.5 Å². The van der Waals surface area contributed by atoms with E-state index >= 15 is 0 Å². The third-order valence-corrected chi connectivity index (χ3v) is 7.32. The molecule has 2 N–H and O–H groups in total. The molecular weight excluding hydrogens is 440 g/mol. The number of rotatable bonds is 5. The van der Waals surface area contributed by atoms with Crippen LogP contribution in [-0.4, -0.2) is 36.4 Å². The van der Waals surface area contributed by atoms with E-state index in [2.05, 4.69) is 23.7 Å². The number of hydrogen-bond acceptors (Lipinski definition) is 6. The van der Waals surface area contributed by atoms with Crippen molar-refractivity contribution in [1.82, 2.24) is 14.7 Å². The molecule has 9 heteroatoms. The van der Waals surface area contributed by atoms with Crippen LogP contribution in [0.4, 0.5) is 5.82 Å². The Hall–Kier alpha value is -3.46. The molecule has 172 valence electrons. The van der Waals surface area contributed by atoms with Gasteiger partial charge >= 0.3 is 0 Å². The van der Waals surface area contributed by atoms with Gasteiger partial charge in [0, 0.05) is 23.8 Å². The Kier molecular flexibility index (Phi) is 6.07. The fraction of sp³-hybridized carbons (Fsp3) is 0.292. The summed E-state index contributed by atoms with van der Waals surface area (Å²) in [5, 5.41) is 0. The van der Waals surface area contributed by atoms with Gasteiger partial charge in [0.1, 0.15) is 5.82 Å². The van der Waals surface area contributed by atoms with Gasteiger partial charge < -0.3 is 9.88 Å². The highest BCUT2D eigenvalue weighted by molar-refractivity contribution is 7.90. The molecule has 0 radical (unpaired) electrons. The number of nitrogens with one attached hydrogen (secondary N) is 2. The molecule has 3 heterocycles. The topological polar surface area (TPSA) is 112 Å². The summed E-state index contributed by atoms with van der Waals surface area (Å²) in [4.78, 5) is 33.8. The van der Waals surface area contributed by atoms with Crippen molar-refractivity contribution in [3.63, 3.8) is 0 Å². The molecule has 2 aromatic heterocycles. The van der Waals surface area contributed by atoms with Crippen molar-refractivity contribution in [2.75, 3.05) is 4.90 Å². The zero-order valence-electron chi connectivity index (χ0n) is 18.7. The quantitative estimate of drug-likeness (QED) is 0.597. The molecule has 0 bridgehead atoms. The maximum Gasteiger partial charge on any atom is 0.269 e. The minimum atomic E-state index is -4.36. The lowest BCUT2D eigenvalue weighted by Crippen LogP contribution is -2.38. The number of aromatic nitrogens is 2. The molecule has 1 aliphatic heterocycles. The number of aryl methyl sites for hydroxylation is 1. The molecule has 4 rings (SSSR count). The van der Waals surface area contributed by atoms with Crippen molar-refractivity contribution < 1.29 is 13.2 Å². The standard InChI is InChI=1S/C24H26N4O4S/c1-15-6-10-18(11-7-15)20-13-12-19(22(26-20)28-16(2)8-9-17(28)3)23(29)27-33(31,32)21-5-4-14-25-24(21)30/h4-7,10-14,16-17H,8-9H2,1-3H3,(H,25,30)(H,27,29)/t16-,17+. The number of aromatic amines is 1. The molecule has 8 nitrogen and oxygen atoms in total. The second kappa shape index (κ2) is 8.82. The lowest BCUT2D eigenvalue weighted by atomic mass is 10.1. The summed E-state index contributed by atoms with van der Waals surface area (Å²) in [6.07, 6.45) is 3.21. The van der Waals surface area contributed by atoms with Crippen LogP contribution in [0, 0.1) is 6.92 Å². The van der Waals surface area contributed by atoms with Crippen LogP contribution in [0.3, 0.4) is 0 Å². The number of anilines is 1. The van der Waals surface area contributed by atoms with E-state index < -0.39 is 26.4 Å². The monoisotopic (exact) mass is 466 g/mol. The second-order valence-electron chi connectivity index (χ2n) is 8.41. The third kappa shape index (κ3) is 4.54. The zero-order chi connectivity index (χ0) is 23.8. The highest BCUT2D eigenvalue weighted by Gasteiger charge is 2.33. The number of pyridine rings is 2. The molecule has 3 aromatic rings. The number of nitrogens with zero attached hydrogens (tertiary/aromatic N) is 2. The predicted octanol–water partition coefficient (Wildman–Crippen LogP) is 3.24. The van der Waals surface area contributed by atoms with Gasteiger partial charge in [0.15, 0.2) is 4.90 Å². The molecule has 1 amide bonds. The lowest BCUT2D eigenvalue weighted by molar-refractivity contribution is 0.0981. The Morgan fingerprint density at radius 3 is 2.36 bits per heavy atom. The van der Waals surface area contributed by atoms with Crippen LogP contribution in [-0.2, 0) is 10.0 Å². The summed E-state index contributed by atoms with van der Waals surface area (Å²) < 4.78 is 27.5. The first-order chi connectivity index (χ1) is 15.7. The molecule has 0 unspecified atom stereocenters. The van der Waals surface area contributed by atoms with Crippen molar-refractivity contribution in [2.24, 2.45) is 0 Å². The molecule has 1 aliphatic rings. The molecule has 1 fully saturated rings. The number of benzene rings is 1. The average Bonchev–Trinajstić information content (AvgIpc) is 3.11. The summed E-state index contributed by atoms with van der Waals surface area (Å²) in [5.41, 5.74) is 2.06. The zero-order valence-corrected chi connectivity index (χ0v) is 19.5. The van der Waals surface area contributed by atoms with Crippen molar-refractivity contribution >= 4 is 21.7 Å². The van der Waals surface area contributed by atoms with Crippen LogP contribution in [0.15, 0.2) is 64.4 Å². The van der Waals surface area contributed by atoms with Gasteiger partial charge in [0.2, 0.25) is 0 Å². The van der Waals surface area contributed by atoms with Gasteiger partial charge in [-0.15, -0.1) is 0 Å². The van der Waals surface area contributed by atoms with E-state index in [1.54, 1.807) is 12.1 Å². The Morgan fingerprint density at radius 1 is 1.06 bits per heavy atom. The fourth-order valence-electron chi connectivity index (χ4n) is 4.17. The van der Waals surface area contributed by atoms with Crippen LogP contribution >= 0.6 is 0 Å². The maximum absolute atomic E-state index is 13.2. The lowest BCUT2D eigenvalue weighted by Gasteiger charge is -2.29. The first-order valence-corrected chi connectivity index (χ1v) is 12.3. The molecule has 1 aromatic carbocycles. The van der Waals surface area contributed by atoms with Crippen LogP contribution in [0.5, 0.6) is 0 Å². The van der Waals surface area contributed by atoms with Crippen LogP contribution in [0.25, 0.3) is 11.3 Å². The summed E-state index contributed by atoms with van der Waals surface area (Å²) >= 11 is 0. The average molecular weight is 467 g/mol. The third-order valence-electron chi connectivity index (χ3n) is 5.96. The van der Waals surface area contributed by atoms with E-state index in [4.69, 9.17) is 4.98 Å². The Morgan fingerprint density at radius 2 is 1.73 bits per heavy atom.